The Morgan fingerprint density at radius 3 is 3.27 bits per heavy atom. The van der Waals surface area contributed by atoms with Crippen LogP contribution in [0.25, 0.3) is 6.08 Å². The van der Waals surface area contributed by atoms with E-state index in [2.05, 4.69) is 18.2 Å². The van der Waals surface area contributed by atoms with Gasteiger partial charge in [-0.1, -0.05) is 6.08 Å². The highest BCUT2D eigenvalue weighted by atomic mass is 15.0. The second kappa shape index (κ2) is 2.38. The number of hydrogen-bond acceptors (Lipinski definition) is 1. The molecule has 0 amide bonds. The zero-order chi connectivity index (χ0) is 7.68. The van der Waals surface area contributed by atoms with Gasteiger partial charge < -0.3 is 4.57 Å². The molecule has 0 spiro atoms. The summed E-state index contributed by atoms with van der Waals surface area (Å²) in [4.78, 5) is 0. The summed E-state index contributed by atoms with van der Waals surface area (Å²) in [5.41, 5.74) is 2.53. The van der Waals surface area contributed by atoms with E-state index in [0.717, 1.165) is 12.8 Å². The first-order valence-electron chi connectivity index (χ1n) is 3.78. The summed E-state index contributed by atoms with van der Waals surface area (Å²) in [6.45, 7) is 0. The molecule has 2 rings (SSSR count). The molecule has 56 valence electrons. The number of hydrogen-bond donors (Lipinski definition) is 1. The molecule has 0 aliphatic heterocycles. The summed E-state index contributed by atoms with van der Waals surface area (Å²) in [5.74, 6) is 0. The first-order chi connectivity index (χ1) is 5.42. The summed E-state index contributed by atoms with van der Waals surface area (Å²) in [6, 6.07) is 2.09. The quantitative estimate of drug-likeness (QED) is 0.463. The molecule has 1 aromatic heterocycles. The third-order valence-corrected chi connectivity index (χ3v) is 2.04. The molecule has 2 heteroatoms. The maximum atomic E-state index is 7.10. The summed E-state index contributed by atoms with van der Waals surface area (Å²) >= 11 is 0. The van der Waals surface area contributed by atoms with Crippen LogP contribution in [0.3, 0.4) is 0 Å². The van der Waals surface area contributed by atoms with E-state index in [1.54, 1.807) is 0 Å². The predicted molar refractivity (Wildman–Crippen MR) is 46.0 cm³/mol. The Morgan fingerprint density at radius 1 is 1.55 bits per heavy atom. The van der Waals surface area contributed by atoms with Crippen molar-refractivity contribution in [3.63, 3.8) is 0 Å². The van der Waals surface area contributed by atoms with E-state index >= 15 is 0 Å². The topological polar surface area (TPSA) is 28.8 Å². The van der Waals surface area contributed by atoms with Gasteiger partial charge in [-0.05, 0) is 30.5 Å². The second-order valence-corrected chi connectivity index (χ2v) is 2.70. The Kier molecular flexibility index (Phi) is 1.39. The Balaban J connectivity index is 2.56. The average molecular weight is 146 g/mol. The normalized spacial score (nSPS) is 14.5. The molecule has 0 saturated carbocycles. The fourth-order valence-electron chi connectivity index (χ4n) is 1.45. The van der Waals surface area contributed by atoms with Gasteiger partial charge in [0.1, 0.15) is 0 Å². The number of aryl methyl sites for hydroxylation is 1. The number of fused-ring (bicyclic) bond motifs is 1. The molecule has 0 fully saturated rings. The van der Waals surface area contributed by atoms with Crippen LogP contribution in [-0.4, -0.2) is 10.9 Å². The summed E-state index contributed by atoms with van der Waals surface area (Å²) in [7, 11) is 0. The minimum Gasteiger partial charge on any atom is -0.308 e. The lowest BCUT2D eigenvalue weighted by molar-refractivity contribution is 0.974. The van der Waals surface area contributed by atoms with Crippen LogP contribution in [0.5, 0.6) is 0 Å². The zero-order valence-corrected chi connectivity index (χ0v) is 6.25. The SMILES string of the molecule is N=Cn1ccc2c1C=CCC2. The smallest absolute Gasteiger partial charge is 0.0903 e. The van der Waals surface area contributed by atoms with Crippen LogP contribution >= 0.6 is 0 Å². The van der Waals surface area contributed by atoms with E-state index in [-0.39, 0.29) is 0 Å². The Morgan fingerprint density at radius 2 is 2.45 bits per heavy atom. The molecule has 0 saturated heterocycles. The molecule has 0 bridgehead atoms. The van der Waals surface area contributed by atoms with Crippen LogP contribution < -0.4 is 0 Å². The van der Waals surface area contributed by atoms with Gasteiger partial charge in [0.15, 0.2) is 0 Å². The van der Waals surface area contributed by atoms with Crippen LogP contribution in [0.15, 0.2) is 18.3 Å². The van der Waals surface area contributed by atoms with Gasteiger partial charge in [-0.25, -0.2) is 0 Å². The molecule has 1 N–H and O–H groups in total. The highest BCUT2D eigenvalue weighted by Crippen LogP contribution is 2.18. The number of nitrogens with zero attached hydrogens (tertiary/aromatic N) is 1. The lowest BCUT2D eigenvalue weighted by atomic mass is 10.1. The zero-order valence-electron chi connectivity index (χ0n) is 6.25. The van der Waals surface area contributed by atoms with Crippen LogP contribution in [-0.2, 0) is 6.42 Å². The first-order valence-corrected chi connectivity index (χ1v) is 3.78. The van der Waals surface area contributed by atoms with Crippen molar-refractivity contribution >= 4 is 12.4 Å². The Bertz CT molecular complexity index is 307. The molecular formula is C9H10N2. The first kappa shape index (κ1) is 6.40. The molecule has 11 heavy (non-hydrogen) atoms. The average Bonchev–Trinajstić information content (AvgIpc) is 2.47. The third-order valence-electron chi connectivity index (χ3n) is 2.04. The van der Waals surface area contributed by atoms with E-state index in [1.807, 2.05) is 10.8 Å². The predicted octanol–water partition coefficient (Wildman–Crippen LogP) is 1.90. The fraction of sp³-hybridized carbons (Fsp3) is 0.222. The largest absolute Gasteiger partial charge is 0.308 e. The number of aromatic nitrogens is 1. The highest BCUT2D eigenvalue weighted by molar-refractivity contribution is 5.65. The molecule has 0 atom stereocenters. The lowest BCUT2D eigenvalue weighted by Gasteiger charge is -2.05. The van der Waals surface area contributed by atoms with Crippen molar-refractivity contribution in [2.75, 3.05) is 0 Å². The van der Waals surface area contributed by atoms with Gasteiger partial charge in [0.25, 0.3) is 0 Å². The Hall–Kier alpha value is -1.31. The van der Waals surface area contributed by atoms with Crippen molar-refractivity contribution in [2.24, 2.45) is 0 Å². The molecule has 0 aromatic carbocycles. The van der Waals surface area contributed by atoms with Gasteiger partial charge in [0.2, 0.25) is 0 Å². The van der Waals surface area contributed by atoms with Crippen molar-refractivity contribution in [1.29, 1.82) is 5.41 Å². The van der Waals surface area contributed by atoms with Crippen molar-refractivity contribution in [3.05, 3.63) is 29.6 Å². The van der Waals surface area contributed by atoms with Crippen LogP contribution in [0.4, 0.5) is 0 Å². The van der Waals surface area contributed by atoms with Crippen molar-refractivity contribution in [1.82, 2.24) is 4.57 Å². The van der Waals surface area contributed by atoms with Gasteiger partial charge in [-0.3, -0.25) is 5.41 Å². The maximum Gasteiger partial charge on any atom is 0.0903 e. The molecular weight excluding hydrogens is 136 g/mol. The van der Waals surface area contributed by atoms with E-state index in [1.165, 1.54) is 17.6 Å². The maximum absolute atomic E-state index is 7.10. The Labute approximate surface area is 65.7 Å². The molecule has 0 radical (unpaired) electrons. The summed E-state index contributed by atoms with van der Waals surface area (Å²) in [6.07, 6.45) is 9.77. The van der Waals surface area contributed by atoms with Gasteiger partial charge in [0, 0.05) is 11.9 Å². The van der Waals surface area contributed by atoms with Gasteiger partial charge in [0.05, 0.1) is 6.34 Å². The molecule has 1 heterocycles. The monoisotopic (exact) mass is 146 g/mol. The second-order valence-electron chi connectivity index (χ2n) is 2.70. The van der Waals surface area contributed by atoms with E-state index in [9.17, 15) is 0 Å². The van der Waals surface area contributed by atoms with Crippen molar-refractivity contribution in [2.45, 2.75) is 12.8 Å². The summed E-state index contributed by atoms with van der Waals surface area (Å²) < 4.78 is 1.84. The van der Waals surface area contributed by atoms with Gasteiger partial charge >= 0.3 is 0 Å². The fourth-order valence-corrected chi connectivity index (χ4v) is 1.45. The van der Waals surface area contributed by atoms with Gasteiger partial charge in [-0.15, -0.1) is 0 Å². The van der Waals surface area contributed by atoms with Crippen molar-refractivity contribution < 1.29 is 0 Å². The van der Waals surface area contributed by atoms with Crippen LogP contribution in [0.1, 0.15) is 17.7 Å². The molecule has 0 unspecified atom stereocenters. The standard InChI is InChI=1S/C9H10N2/c10-7-11-6-5-8-3-1-2-4-9(8)11/h2,4-7,10H,1,3H2. The molecule has 1 aliphatic rings. The number of rotatable bonds is 1. The van der Waals surface area contributed by atoms with E-state index in [4.69, 9.17) is 5.41 Å². The molecule has 1 aromatic rings. The summed E-state index contributed by atoms with van der Waals surface area (Å²) in [5, 5.41) is 7.10. The van der Waals surface area contributed by atoms with Crippen LogP contribution in [0, 0.1) is 5.41 Å². The van der Waals surface area contributed by atoms with E-state index in [0.29, 0.717) is 0 Å². The molecule has 2 nitrogen and oxygen atoms in total. The third kappa shape index (κ3) is 0.909. The minimum absolute atomic E-state index is 1.12. The number of allylic oxidation sites excluding steroid dienone is 1. The number of nitrogens with one attached hydrogen (secondary N) is 1. The highest BCUT2D eigenvalue weighted by Gasteiger charge is 2.06. The van der Waals surface area contributed by atoms with Crippen molar-refractivity contribution in [3.8, 4) is 0 Å². The van der Waals surface area contributed by atoms with E-state index < -0.39 is 0 Å². The molecule has 1 aliphatic carbocycles. The minimum atomic E-state index is 1.12. The van der Waals surface area contributed by atoms with Gasteiger partial charge in [-0.2, -0.15) is 0 Å². The van der Waals surface area contributed by atoms with Crippen LogP contribution in [0.2, 0.25) is 0 Å². The lowest BCUT2D eigenvalue weighted by Crippen LogP contribution is -1.99.